The first-order valence-electron chi connectivity index (χ1n) is 6.40. The molecule has 1 rings (SSSR count). The smallest absolute Gasteiger partial charge is 0.224 e. The van der Waals surface area contributed by atoms with Crippen LogP contribution in [0.1, 0.15) is 32.1 Å². The Labute approximate surface area is 109 Å². The van der Waals surface area contributed by atoms with E-state index in [1.54, 1.807) is 7.11 Å². The first-order valence-corrected chi connectivity index (χ1v) is 6.40. The minimum Gasteiger partial charge on any atom is -0.497 e. The number of ether oxygens (including phenoxy) is 1. The second-order valence-electron chi connectivity index (χ2n) is 4.23. The van der Waals surface area contributed by atoms with Crippen LogP contribution in [0, 0.1) is 0 Å². The van der Waals surface area contributed by atoms with Gasteiger partial charge in [0.15, 0.2) is 0 Å². The van der Waals surface area contributed by atoms with Crippen LogP contribution in [0.2, 0.25) is 0 Å². The van der Waals surface area contributed by atoms with E-state index in [9.17, 15) is 4.79 Å². The molecular weight excluding hydrogens is 228 g/mol. The third kappa shape index (κ3) is 5.68. The highest BCUT2D eigenvalue weighted by molar-refractivity contribution is 5.90. The topological polar surface area (TPSA) is 64.3 Å². The summed E-state index contributed by atoms with van der Waals surface area (Å²) < 4.78 is 5.10. The normalized spacial score (nSPS) is 10.1. The van der Waals surface area contributed by atoms with Crippen LogP contribution < -0.4 is 15.8 Å². The Hall–Kier alpha value is -1.55. The molecule has 4 nitrogen and oxygen atoms in total. The molecule has 4 heteroatoms. The van der Waals surface area contributed by atoms with Gasteiger partial charge < -0.3 is 15.8 Å². The summed E-state index contributed by atoms with van der Waals surface area (Å²) in [6.45, 7) is 0.732. The molecule has 0 unspecified atom stereocenters. The van der Waals surface area contributed by atoms with Gasteiger partial charge in [0.05, 0.1) is 7.11 Å². The molecule has 0 aliphatic heterocycles. The Kier molecular flexibility index (Phi) is 6.87. The molecule has 18 heavy (non-hydrogen) atoms. The summed E-state index contributed by atoms with van der Waals surface area (Å²) in [4.78, 5) is 11.7. The molecule has 0 aromatic heterocycles. The summed E-state index contributed by atoms with van der Waals surface area (Å²) >= 11 is 0. The van der Waals surface area contributed by atoms with Crippen molar-refractivity contribution in [3.05, 3.63) is 24.3 Å². The number of hydrogen-bond donors (Lipinski definition) is 2. The maximum atomic E-state index is 11.7. The van der Waals surface area contributed by atoms with E-state index in [0.29, 0.717) is 6.42 Å². The van der Waals surface area contributed by atoms with Crippen molar-refractivity contribution in [2.24, 2.45) is 5.73 Å². The lowest BCUT2D eigenvalue weighted by atomic mass is 10.1. The number of carbonyl (C=O) groups is 1. The maximum Gasteiger partial charge on any atom is 0.224 e. The first kappa shape index (κ1) is 14.5. The Bertz CT molecular complexity index is 367. The van der Waals surface area contributed by atoms with Crippen LogP contribution in [-0.4, -0.2) is 19.6 Å². The summed E-state index contributed by atoms with van der Waals surface area (Å²) in [6, 6.07) is 7.37. The van der Waals surface area contributed by atoms with Crippen LogP contribution >= 0.6 is 0 Å². The number of nitrogens with one attached hydrogen (secondary N) is 1. The monoisotopic (exact) mass is 250 g/mol. The molecule has 1 aromatic rings. The Morgan fingerprint density at radius 3 is 2.78 bits per heavy atom. The van der Waals surface area contributed by atoms with Crippen LogP contribution in [0.5, 0.6) is 5.75 Å². The first-order chi connectivity index (χ1) is 8.76. The van der Waals surface area contributed by atoms with Gasteiger partial charge >= 0.3 is 0 Å². The van der Waals surface area contributed by atoms with E-state index in [4.69, 9.17) is 10.5 Å². The molecule has 0 bridgehead atoms. The number of hydrogen-bond acceptors (Lipinski definition) is 3. The third-order valence-corrected chi connectivity index (χ3v) is 2.71. The highest BCUT2D eigenvalue weighted by atomic mass is 16.5. The number of benzene rings is 1. The predicted molar refractivity (Wildman–Crippen MR) is 73.8 cm³/mol. The third-order valence-electron chi connectivity index (χ3n) is 2.71. The number of nitrogens with two attached hydrogens (primary N) is 1. The molecule has 0 saturated heterocycles. The predicted octanol–water partition coefficient (Wildman–Crippen LogP) is 2.54. The molecule has 0 aliphatic carbocycles. The van der Waals surface area contributed by atoms with Gasteiger partial charge in [-0.1, -0.05) is 18.9 Å². The fourth-order valence-electron chi connectivity index (χ4n) is 1.71. The maximum absolute atomic E-state index is 11.7. The zero-order chi connectivity index (χ0) is 13.2. The lowest BCUT2D eigenvalue weighted by Crippen LogP contribution is -2.11. The van der Waals surface area contributed by atoms with Crippen LogP contribution in [0.3, 0.4) is 0 Å². The van der Waals surface area contributed by atoms with E-state index in [2.05, 4.69) is 5.32 Å². The van der Waals surface area contributed by atoms with Crippen molar-refractivity contribution in [1.82, 2.24) is 0 Å². The van der Waals surface area contributed by atoms with Crippen molar-refractivity contribution < 1.29 is 9.53 Å². The molecule has 0 fully saturated rings. The average molecular weight is 250 g/mol. The van der Waals surface area contributed by atoms with Gasteiger partial charge in [0, 0.05) is 18.2 Å². The van der Waals surface area contributed by atoms with Crippen molar-refractivity contribution in [2.75, 3.05) is 19.0 Å². The lowest BCUT2D eigenvalue weighted by Gasteiger charge is -2.06. The molecule has 1 aromatic carbocycles. The summed E-state index contributed by atoms with van der Waals surface area (Å²) in [6.07, 6.45) is 4.67. The zero-order valence-corrected chi connectivity index (χ0v) is 10.9. The highest BCUT2D eigenvalue weighted by Gasteiger charge is 2.02. The van der Waals surface area contributed by atoms with Gasteiger partial charge in [-0.3, -0.25) is 4.79 Å². The SMILES string of the molecule is COc1cccc(NC(=O)CCCCCCN)c1. The summed E-state index contributed by atoms with van der Waals surface area (Å²) in [5.74, 6) is 0.798. The van der Waals surface area contributed by atoms with E-state index in [-0.39, 0.29) is 5.91 Å². The quantitative estimate of drug-likeness (QED) is 0.697. The van der Waals surface area contributed by atoms with E-state index >= 15 is 0 Å². The van der Waals surface area contributed by atoms with Gasteiger partial charge in [0.25, 0.3) is 0 Å². The van der Waals surface area contributed by atoms with E-state index in [1.165, 1.54) is 0 Å². The lowest BCUT2D eigenvalue weighted by molar-refractivity contribution is -0.116. The zero-order valence-electron chi connectivity index (χ0n) is 10.9. The van der Waals surface area contributed by atoms with E-state index < -0.39 is 0 Å². The molecule has 3 N–H and O–H groups in total. The molecule has 100 valence electrons. The van der Waals surface area contributed by atoms with E-state index in [0.717, 1.165) is 43.7 Å². The van der Waals surface area contributed by atoms with Gasteiger partial charge in [-0.05, 0) is 31.5 Å². The number of rotatable bonds is 8. The second-order valence-corrected chi connectivity index (χ2v) is 4.23. The molecule has 0 radical (unpaired) electrons. The van der Waals surface area contributed by atoms with Crippen LogP contribution in [-0.2, 0) is 4.79 Å². The molecule has 0 heterocycles. The fourth-order valence-corrected chi connectivity index (χ4v) is 1.71. The fraction of sp³-hybridized carbons (Fsp3) is 0.500. The van der Waals surface area contributed by atoms with Crippen LogP contribution in [0.4, 0.5) is 5.69 Å². The summed E-state index contributed by atoms with van der Waals surface area (Å²) in [5.41, 5.74) is 6.19. The molecule has 0 saturated carbocycles. The van der Waals surface area contributed by atoms with Gasteiger partial charge in [0.1, 0.15) is 5.75 Å². The minimum atomic E-state index is 0.0519. The molecule has 0 spiro atoms. The van der Waals surface area contributed by atoms with Crippen molar-refractivity contribution in [3.63, 3.8) is 0 Å². The van der Waals surface area contributed by atoms with Gasteiger partial charge in [-0.2, -0.15) is 0 Å². The number of amides is 1. The highest BCUT2D eigenvalue weighted by Crippen LogP contribution is 2.17. The van der Waals surface area contributed by atoms with E-state index in [1.807, 2.05) is 24.3 Å². The number of methoxy groups -OCH3 is 1. The largest absolute Gasteiger partial charge is 0.497 e. The van der Waals surface area contributed by atoms with Crippen LogP contribution in [0.15, 0.2) is 24.3 Å². The standard InChI is InChI=1S/C14H22N2O2/c1-18-13-8-6-7-12(11-13)16-14(17)9-4-2-3-5-10-15/h6-8,11H,2-5,9-10,15H2,1H3,(H,16,17). The Morgan fingerprint density at radius 1 is 1.28 bits per heavy atom. The van der Waals surface area contributed by atoms with Gasteiger partial charge in [0.2, 0.25) is 5.91 Å². The van der Waals surface area contributed by atoms with Crippen molar-refractivity contribution in [3.8, 4) is 5.75 Å². The molecular formula is C14H22N2O2. The summed E-state index contributed by atoms with van der Waals surface area (Å²) in [7, 11) is 1.61. The van der Waals surface area contributed by atoms with Crippen LogP contribution in [0.25, 0.3) is 0 Å². The average Bonchev–Trinajstić information content (AvgIpc) is 2.38. The number of unbranched alkanes of at least 4 members (excludes halogenated alkanes) is 3. The molecule has 0 aliphatic rings. The number of carbonyl (C=O) groups excluding carboxylic acids is 1. The Balaban J connectivity index is 2.26. The Morgan fingerprint density at radius 2 is 2.06 bits per heavy atom. The second kappa shape index (κ2) is 8.53. The summed E-state index contributed by atoms with van der Waals surface area (Å²) in [5, 5.41) is 2.86. The van der Waals surface area contributed by atoms with Crippen molar-refractivity contribution in [1.29, 1.82) is 0 Å². The van der Waals surface area contributed by atoms with Gasteiger partial charge in [-0.15, -0.1) is 0 Å². The molecule has 1 amide bonds. The van der Waals surface area contributed by atoms with Gasteiger partial charge in [-0.25, -0.2) is 0 Å². The van der Waals surface area contributed by atoms with Crippen molar-refractivity contribution in [2.45, 2.75) is 32.1 Å². The minimum absolute atomic E-state index is 0.0519. The van der Waals surface area contributed by atoms with Crippen molar-refractivity contribution >= 4 is 11.6 Å². The number of anilines is 1. The molecule has 0 atom stereocenters.